The molecule has 0 aromatic carbocycles. The van der Waals surface area contributed by atoms with Crippen LogP contribution < -0.4 is 5.73 Å². The first-order valence-electron chi connectivity index (χ1n) is 2.30. The summed E-state index contributed by atoms with van der Waals surface area (Å²) in [5, 5.41) is 32.4. The summed E-state index contributed by atoms with van der Waals surface area (Å²) in [4.78, 5) is 0. The van der Waals surface area contributed by atoms with Gasteiger partial charge < -0.3 is 35.4 Å². The first-order chi connectivity index (χ1) is 4.45. The van der Waals surface area contributed by atoms with Gasteiger partial charge in [0.2, 0.25) is 0 Å². The molecule has 8 heteroatoms. The van der Waals surface area contributed by atoms with Crippen LogP contribution in [0.5, 0.6) is 0 Å². The fraction of sp³-hybridized carbons (Fsp3) is 1.00. The third-order valence-electron chi connectivity index (χ3n) is 0.498. The van der Waals surface area contributed by atoms with Gasteiger partial charge >= 0.3 is 13.5 Å². The Hall–Kier alpha value is -0.215. The lowest BCUT2D eigenvalue weighted by Crippen LogP contribution is -2.40. The molecule has 0 aliphatic heterocycles. The van der Waals surface area contributed by atoms with E-state index in [1.807, 2.05) is 0 Å². The summed E-state index contributed by atoms with van der Waals surface area (Å²) in [5.74, 6) is 0. The van der Waals surface area contributed by atoms with Crippen molar-refractivity contribution in [3.8, 4) is 0 Å². The second-order valence-corrected chi connectivity index (χ2v) is 1.33. The zero-order valence-corrected chi connectivity index (χ0v) is 4.97. The second-order valence-electron chi connectivity index (χ2n) is 1.33. The zero-order chi connectivity index (χ0) is 8.20. The van der Waals surface area contributed by atoms with E-state index in [2.05, 4.69) is 9.31 Å². The van der Waals surface area contributed by atoms with E-state index in [4.69, 9.17) is 26.1 Å². The number of hydrogen-bond acceptors (Lipinski definition) is 7. The summed E-state index contributed by atoms with van der Waals surface area (Å²) < 4.78 is 7.65. The lowest BCUT2D eigenvalue weighted by Gasteiger charge is -2.15. The smallest absolute Gasteiger partial charge is 0.401 e. The van der Waals surface area contributed by atoms with Crippen LogP contribution in [0.4, 0.5) is 0 Å². The molecule has 0 unspecified atom stereocenters. The predicted octanol–water partition coefficient (Wildman–Crippen LogP) is -3.50. The average Bonchev–Trinajstić information content (AvgIpc) is 1.59. The molecule has 0 bridgehead atoms. The molecule has 0 aromatic heterocycles. The minimum atomic E-state index is -3.41. The van der Waals surface area contributed by atoms with Crippen molar-refractivity contribution in [2.45, 2.75) is 6.16 Å². The molecule has 6 N–H and O–H groups in total. The van der Waals surface area contributed by atoms with Crippen LogP contribution in [-0.4, -0.2) is 40.6 Å². The third kappa shape index (κ3) is 5.91. The van der Waals surface area contributed by atoms with Crippen LogP contribution >= 0.6 is 0 Å². The van der Waals surface area contributed by atoms with E-state index in [1.54, 1.807) is 0 Å². The van der Waals surface area contributed by atoms with E-state index in [9.17, 15) is 0 Å². The molecule has 0 radical (unpaired) electrons. The van der Waals surface area contributed by atoms with Crippen LogP contribution in [0.1, 0.15) is 0 Å². The molecule has 0 amide bonds. The van der Waals surface area contributed by atoms with Gasteiger partial charge in [0.05, 0.1) is 6.73 Å². The van der Waals surface area contributed by atoms with Crippen molar-refractivity contribution in [1.82, 2.24) is 0 Å². The normalized spacial score (nSPS) is 11.7. The number of rotatable bonds is 4. The molecule has 0 atom stereocenters. The maximum atomic E-state index is 8.38. The summed E-state index contributed by atoms with van der Waals surface area (Å²) in [7, 11) is -1.97. The highest BCUT2D eigenvalue weighted by Crippen LogP contribution is 1.96. The summed E-state index contributed by atoms with van der Waals surface area (Å²) in [6.07, 6.45) is -3.41. The van der Waals surface area contributed by atoms with Crippen LogP contribution in [0.25, 0.3) is 0 Å². The van der Waals surface area contributed by atoms with Gasteiger partial charge in [0.15, 0.2) is 0 Å². The molecule has 10 heavy (non-hydrogen) atoms. The van der Waals surface area contributed by atoms with Crippen molar-refractivity contribution in [1.29, 1.82) is 0 Å². The molecule has 0 heterocycles. The standard InChI is InChI=1S/C2H8BNO6/c4-1-9-3(8)10-2(5,6)7/h5-8H,1,4H2. The van der Waals surface area contributed by atoms with Gasteiger partial charge in [-0.05, 0) is 0 Å². The molecule has 60 valence electrons. The summed E-state index contributed by atoms with van der Waals surface area (Å²) in [6, 6.07) is 0. The third-order valence-corrected chi connectivity index (χ3v) is 0.498. The van der Waals surface area contributed by atoms with Crippen LogP contribution in [0.3, 0.4) is 0 Å². The van der Waals surface area contributed by atoms with Crippen molar-refractivity contribution in [3.05, 3.63) is 0 Å². The second kappa shape index (κ2) is 3.83. The molecule has 0 spiro atoms. The Kier molecular flexibility index (Phi) is 3.75. The molecular weight excluding hydrogens is 145 g/mol. The van der Waals surface area contributed by atoms with Gasteiger partial charge in [-0.2, -0.15) is 0 Å². The van der Waals surface area contributed by atoms with E-state index in [0.717, 1.165) is 0 Å². The first-order valence-corrected chi connectivity index (χ1v) is 2.30. The Balaban J connectivity index is 3.47. The van der Waals surface area contributed by atoms with Gasteiger partial charge in [0, 0.05) is 0 Å². The molecule has 0 aliphatic rings. The van der Waals surface area contributed by atoms with Crippen LogP contribution in [0, 0.1) is 0 Å². The Labute approximate surface area is 56.8 Å². The van der Waals surface area contributed by atoms with E-state index in [0.29, 0.717) is 0 Å². The fourth-order valence-electron chi connectivity index (χ4n) is 0.252. The molecule has 0 fully saturated rings. The zero-order valence-electron chi connectivity index (χ0n) is 4.97. The van der Waals surface area contributed by atoms with Gasteiger partial charge in [-0.15, -0.1) is 0 Å². The van der Waals surface area contributed by atoms with Crippen LogP contribution in [0.15, 0.2) is 0 Å². The summed E-state index contributed by atoms with van der Waals surface area (Å²) in [5.41, 5.74) is 4.74. The van der Waals surface area contributed by atoms with Crippen molar-refractivity contribution in [2.24, 2.45) is 5.73 Å². The lowest BCUT2D eigenvalue weighted by molar-refractivity contribution is -0.429. The summed E-state index contributed by atoms with van der Waals surface area (Å²) >= 11 is 0. The minimum absolute atomic E-state index is 0.378. The van der Waals surface area contributed by atoms with E-state index < -0.39 is 13.5 Å². The highest BCUT2D eigenvalue weighted by Gasteiger charge is 2.29. The highest BCUT2D eigenvalue weighted by atomic mass is 16.9. The Bertz CT molecular complexity index is 92.2. The fourth-order valence-corrected chi connectivity index (χ4v) is 0.252. The van der Waals surface area contributed by atoms with Crippen LogP contribution in [0.2, 0.25) is 0 Å². The Morgan fingerprint density at radius 2 is 1.90 bits per heavy atom. The van der Waals surface area contributed by atoms with Crippen molar-refractivity contribution in [3.63, 3.8) is 0 Å². The maximum absolute atomic E-state index is 8.38. The highest BCUT2D eigenvalue weighted by molar-refractivity contribution is 6.34. The van der Waals surface area contributed by atoms with Gasteiger partial charge in [0.25, 0.3) is 0 Å². The quantitative estimate of drug-likeness (QED) is 0.209. The van der Waals surface area contributed by atoms with Crippen molar-refractivity contribution < 1.29 is 29.7 Å². The van der Waals surface area contributed by atoms with E-state index in [1.165, 1.54) is 0 Å². The predicted molar refractivity (Wildman–Crippen MR) is 28.6 cm³/mol. The molecular formula is C2H8BNO6. The minimum Gasteiger partial charge on any atom is -0.401 e. The average molecular weight is 153 g/mol. The number of nitrogens with two attached hydrogens (primary N) is 1. The number of hydrogen-bond donors (Lipinski definition) is 5. The molecule has 0 saturated carbocycles. The van der Waals surface area contributed by atoms with Crippen molar-refractivity contribution >= 4 is 7.32 Å². The van der Waals surface area contributed by atoms with Gasteiger partial charge in [-0.1, -0.05) is 0 Å². The van der Waals surface area contributed by atoms with Gasteiger partial charge in [-0.3, -0.25) is 0 Å². The molecule has 0 saturated heterocycles. The number of aliphatic hydroxyl groups is 3. The monoisotopic (exact) mass is 153 g/mol. The molecule has 7 nitrogen and oxygen atoms in total. The molecule has 0 aliphatic carbocycles. The first kappa shape index (κ1) is 9.78. The van der Waals surface area contributed by atoms with Crippen LogP contribution in [-0.2, 0) is 9.31 Å². The molecule has 0 aromatic rings. The maximum Gasteiger partial charge on any atom is 0.643 e. The summed E-state index contributed by atoms with van der Waals surface area (Å²) in [6.45, 7) is -0.378. The van der Waals surface area contributed by atoms with Gasteiger partial charge in [-0.25, -0.2) is 0 Å². The Morgan fingerprint density at radius 1 is 1.40 bits per heavy atom. The van der Waals surface area contributed by atoms with Crippen molar-refractivity contribution in [2.75, 3.05) is 6.73 Å². The SMILES string of the molecule is NCOB(O)OC(O)(O)O. The largest absolute Gasteiger partial charge is 0.643 e. The van der Waals surface area contributed by atoms with E-state index in [-0.39, 0.29) is 6.73 Å². The van der Waals surface area contributed by atoms with E-state index >= 15 is 0 Å². The van der Waals surface area contributed by atoms with Gasteiger partial charge in [0.1, 0.15) is 0 Å². The Morgan fingerprint density at radius 3 is 2.20 bits per heavy atom. The topological polar surface area (TPSA) is 125 Å². The molecule has 0 rings (SSSR count). The lowest BCUT2D eigenvalue weighted by atomic mass is 10.2.